The Labute approximate surface area is 195 Å². The molecule has 0 fully saturated rings. The van der Waals surface area contributed by atoms with Gasteiger partial charge in [-0.15, -0.1) is 22.7 Å². The number of methoxy groups -OCH3 is 2. The summed E-state index contributed by atoms with van der Waals surface area (Å²) >= 11 is 3.18. The lowest BCUT2D eigenvalue weighted by Crippen LogP contribution is -2.42. The lowest BCUT2D eigenvalue weighted by atomic mass is 9.90. The van der Waals surface area contributed by atoms with Crippen LogP contribution in [0.4, 0.5) is 0 Å². The van der Waals surface area contributed by atoms with E-state index in [1.54, 1.807) is 36.9 Å². The topological polar surface area (TPSA) is 67.9 Å². The number of rotatable bonds is 7. The smallest absolute Gasteiger partial charge is 0.225 e. The summed E-state index contributed by atoms with van der Waals surface area (Å²) in [7, 11) is 3.25. The van der Waals surface area contributed by atoms with Crippen molar-refractivity contribution in [3.8, 4) is 11.5 Å². The molecule has 0 radical (unpaired) electrons. The van der Waals surface area contributed by atoms with E-state index in [0.717, 1.165) is 27.3 Å². The number of benzene rings is 1. The molecule has 2 aromatic heterocycles. The predicted octanol–water partition coefficient (Wildman–Crippen LogP) is 4.57. The van der Waals surface area contributed by atoms with Crippen LogP contribution in [0.2, 0.25) is 0 Å². The van der Waals surface area contributed by atoms with Crippen molar-refractivity contribution in [1.29, 1.82) is 0 Å². The average Bonchev–Trinajstić information content (AvgIpc) is 3.50. The first kappa shape index (κ1) is 22.4. The molecule has 1 N–H and O–H groups in total. The van der Waals surface area contributed by atoms with Gasteiger partial charge in [-0.25, -0.2) is 0 Å². The number of carbonyl (C=O) groups excluding carboxylic acids is 2. The molecule has 8 heteroatoms. The van der Waals surface area contributed by atoms with E-state index in [9.17, 15) is 9.59 Å². The molecule has 6 nitrogen and oxygen atoms in total. The van der Waals surface area contributed by atoms with E-state index in [-0.39, 0.29) is 30.3 Å². The summed E-state index contributed by atoms with van der Waals surface area (Å²) in [5.74, 6) is 1.21. The fraction of sp³-hybridized carbons (Fsp3) is 0.333. The van der Waals surface area contributed by atoms with Gasteiger partial charge in [0.15, 0.2) is 11.5 Å². The number of hydrogen-bond donors (Lipinski definition) is 1. The molecule has 1 aromatic carbocycles. The normalized spacial score (nSPS) is 16.2. The molecule has 32 heavy (non-hydrogen) atoms. The third-order valence-electron chi connectivity index (χ3n) is 5.65. The molecule has 0 aliphatic carbocycles. The summed E-state index contributed by atoms with van der Waals surface area (Å²) in [6.07, 6.45) is 0.942. The Morgan fingerprint density at radius 1 is 1.12 bits per heavy atom. The van der Waals surface area contributed by atoms with Gasteiger partial charge < -0.3 is 19.7 Å². The quantitative estimate of drug-likeness (QED) is 0.549. The number of ether oxygens (including phenoxy) is 2. The van der Waals surface area contributed by atoms with Crippen LogP contribution in [0.5, 0.6) is 11.5 Å². The predicted molar refractivity (Wildman–Crippen MR) is 127 cm³/mol. The van der Waals surface area contributed by atoms with Crippen LogP contribution in [0, 0.1) is 0 Å². The summed E-state index contributed by atoms with van der Waals surface area (Å²) in [6.45, 7) is 2.08. The first-order valence-corrected chi connectivity index (χ1v) is 12.2. The Morgan fingerprint density at radius 2 is 1.84 bits per heavy atom. The fourth-order valence-corrected chi connectivity index (χ4v) is 5.85. The molecule has 3 aromatic rings. The number of thiophene rings is 2. The second-order valence-corrected chi connectivity index (χ2v) is 9.59. The van der Waals surface area contributed by atoms with E-state index in [0.29, 0.717) is 18.0 Å². The Bertz CT molecular complexity index is 1080. The van der Waals surface area contributed by atoms with Crippen molar-refractivity contribution >= 4 is 34.5 Å². The van der Waals surface area contributed by atoms with Crippen molar-refractivity contribution in [2.45, 2.75) is 31.8 Å². The average molecular weight is 471 g/mol. The lowest BCUT2D eigenvalue weighted by Gasteiger charge is -2.38. The maximum atomic E-state index is 13.6. The molecule has 0 saturated heterocycles. The minimum absolute atomic E-state index is 0.0102. The van der Waals surface area contributed by atoms with Crippen LogP contribution in [-0.2, 0) is 16.0 Å². The van der Waals surface area contributed by atoms with Crippen molar-refractivity contribution in [2.24, 2.45) is 0 Å². The van der Waals surface area contributed by atoms with Gasteiger partial charge in [-0.1, -0.05) is 12.1 Å². The van der Waals surface area contributed by atoms with Crippen LogP contribution in [0.1, 0.15) is 46.3 Å². The van der Waals surface area contributed by atoms with Crippen LogP contribution >= 0.6 is 22.7 Å². The maximum absolute atomic E-state index is 13.6. The minimum atomic E-state index is -0.337. The van der Waals surface area contributed by atoms with E-state index in [1.165, 1.54) is 6.92 Å². The van der Waals surface area contributed by atoms with E-state index in [1.807, 2.05) is 46.0 Å². The largest absolute Gasteiger partial charge is 0.493 e. The number of carbonyl (C=O) groups is 2. The molecule has 0 saturated carbocycles. The molecule has 1 aliphatic heterocycles. The van der Waals surface area contributed by atoms with Gasteiger partial charge in [-0.3, -0.25) is 9.59 Å². The zero-order valence-electron chi connectivity index (χ0n) is 18.3. The van der Waals surface area contributed by atoms with Crippen molar-refractivity contribution < 1.29 is 19.1 Å². The van der Waals surface area contributed by atoms with Gasteiger partial charge >= 0.3 is 0 Å². The highest BCUT2D eigenvalue weighted by Gasteiger charge is 2.35. The van der Waals surface area contributed by atoms with Crippen molar-refractivity contribution in [2.75, 3.05) is 20.8 Å². The highest BCUT2D eigenvalue weighted by atomic mass is 32.1. The molecular formula is C24H26N2O4S2. The van der Waals surface area contributed by atoms with E-state index in [2.05, 4.69) is 11.4 Å². The SMILES string of the molecule is COc1cc2c(cc1OC)C(c1cccs1)N(C(=O)CC(NC(C)=O)c1cccs1)CC2. The summed E-state index contributed by atoms with van der Waals surface area (Å²) in [5, 5.41) is 6.93. The molecule has 2 amide bonds. The van der Waals surface area contributed by atoms with Crippen LogP contribution < -0.4 is 14.8 Å². The van der Waals surface area contributed by atoms with E-state index < -0.39 is 0 Å². The summed E-state index contributed by atoms with van der Waals surface area (Å²) in [5.41, 5.74) is 2.21. The van der Waals surface area contributed by atoms with Gasteiger partial charge in [-0.2, -0.15) is 0 Å². The van der Waals surface area contributed by atoms with Gasteiger partial charge in [0.1, 0.15) is 0 Å². The fourth-order valence-electron chi connectivity index (χ4n) is 4.22. The molecule has 0 bridgehead atoms. The van der Waals surface area contributed by atoms with Gasteiger partial charge in [0.05, 0.1) is 32.7 Å². The molecule has 4 rings (SSSR count). The molecule has 2 atom stereocenters. The molecular weight excluding hydrogens is 444 g/mol. The second-order valence-electron chi connectivity index (χ2n) is 7.63. The Morgan fingerprint density at radius 3 is 2.47 bits per heavy atom. The Balaban J connectivity index is 1.69. The second kappa shape index (κ2) is 9.75. The number of nitrogens with zero attached hydrogens (tertiary/aromatic N) is 1. The minimum Gasteiger partial charge on any atom is -0.493 e. The van der Waals surface area contributed by atoms with Gasteiger partial charge in [0.2, 0.25) is 11.8 Å². The first-order valence-electron chi connectivity index (χ1n) is 10.4. The van der Waals surface area contributed by atoms with Gasteiger partial charge in [-0.05, 0) is 52.6 Å². The highest BCUT2D eigenvalue weighted by molar-refractivity contribution is 7.10. The monoisotopic (exact) mass is 470 g/mol. The van der Waals surface area contributed by atoms with Crippen LogP contribution in [0.25, 0.3) is 0 Å². The lowest BCUT2D eigenvalue weighted by molar-refractivity contribution is -0.134. The van der Waals surface area contributed by atoms with Gasteiger partial charge in [0.25, 0.3) is 0 Å². The molecule has 1 aliphatic rings. The van der Waals surface area contributed by atoms with Crippen LogP contribution in [0.15, 0.2) is 47.2 Å². The maximum Gasteiger partial charge on any atom is 0.225 e. The molecule has 168 valence electrons. The Hall–Kier alpha value is -2.84. The number of nitrogens with one attached hydrogen (secondary N) is 1. The molecule has 0 spiro atoms. The van der Waals surface area contributed by atoms with Crippen molar-refractivity contribution in [1.82, 2.24) is 10.2 Å². The third kappa shape index (κ3) is 4.52. The van der Waals surface area contributed by atoms with Crippen molar-refractivity contribution in [3.05, 3.63) is 68.0 Å². The first-order chi connectivity index (χ1) is 15.5. The number of fused-ring (bicyclic) bond motifs is 1. The summed E-state index contributed by atoms with van der Waals surface area (Å²) in [4.78, 5) is 29.4. The standard InChI is InChI=1S/C24H26N2O4S2/c1-15(27)25-18(21-6-4-10-31-21)14-23(28)26-9-8-16-12-19(29-2)20(30-3)13-17(16)24(26)22-7-5-11-32-22/h4-7,10-13,18,24H,8-9,14H2,1-3H3,(H,25,27). The number of amides is 2. The van der Waals surface area contributed by atoms with E-state index in [4.69, 9.17) is 9.47 Å². The molecule has 3 heterocycles. The molecule has 2 unspecified atom stereocenters. The van der Waals surface area contributed by atoms with Crippen LogP contribution in [0.3, 0.4) is 0 Å². The van der Waals surface area contributed by atoms with Crippen LogP contribution in [-0.4, -0.2) is 37.5 Å². The summed E-state index contributed by atoms with van der Waals surface area (Å²) in [6, 6.07) is 11.4. The third-order valence-corrected chi connectivity index (χ3v) is 7.56. The number of hydrogen-bond acceptors (Lipinski definition) is 6. The highest BCUT2D eigenvalue weighted by Crippen LogP contribution is 2.42. The summed E-state index contributed by atoms with van der Waals surface area (Å²) < 4.78 is 11.0. The van der Waals surface area contributed by atoms with Gasteiger partial charge in [0, 0.05) is 23.2 Å². The van der Waals surface area contributed by atoms with Crippen molar-refractivity contribution in [3.63, 3.8) is 0 Å². The zero-order chi connectivity index (χ0) is 22.7. The zero-order valence-corrected chi connectivity index (χ0v) is 19.9. The Kier molecular flexibility index (Phi) is 6.81. The van der Waals surface area contributed by atoms with E-state index >= 15 is 0 Å².